The van der Waals surface area contributed by atoms with Crippen LogP contribution in [0.4, 0.5) is 5.69 Å². The predicted molar refractivity (Wildman–Crippen MR) is 88.1 cm³/mol. The summed E-state index contributed by atoms with van der Waals surface area (Å²) < 4.78 is 10.2. The highest BCUT2D eigenvalue weighted by Gasteiger charge is 2.29. The Labute approximate surface area is 133 Å². The van der Waals surface area contributed by atoms with Gasteiger partial charge in [0.05, 0.1) is 20.3 Å². The zero-order valence-corrected chi connectivity index (χ0v) is 13.6. The van der Waals surface area contributed by atoms with E-state index >= 15 is 0 Å². The molecule has 0 aromatic heterocycles. The van der Waals surface area contributed by atoms with Crippen molar-refractivity contribution < 1.29 is 14.3 Å². The molecule has 0 bridgehead atoms. The summed E-state index contributed by atoms with van der Waals surface area (Å²) in [5.74, 6) is -0.363. The van der Waals surface area contributed by atoms with Gasteiger partial charge in [-0.2, -0.15) is 0 Å². The molecule has 5 nitrogen and oxygen atoms in total. The second-order valence-corrected chi connectivity index (χ2v) is 5.84. The highest BCUT2D eigenvalue weighted by molar-refractivity contribution is 7.98. The molecule has 1 fully saturated rings. The highest BCUT2D eigenvalue weighted by atomic mass is 32.2. The lowest BCUT2D eigenvalue weighted by atomic mass is 10.1. The van der Waals surface area contributed by atoms with Gasteiger partial charge in [0.15, 0.2) is 6.10 Å². The summed E-state index contributed by atoms with van der Waals surface area (Å²) in [5.41, 5.74) is 7.68. The maximum atomic E-state index is 11.7. The fourth-order valence-electron chi connectivity index (χ4n) is 2.34. The largest absolute Gasteiger partial charge is 0.467 e. The maximum Gasteiger partial charge on any atom is 0.336 e. The highest BCUT2D eigenvalue weighted by Crippen LogP contribution is 2.30. The van der Waals surface area contributed by atoms with Crippen LogP contribution in [0.1, 0.15) is 5.56 Å². The van der Waals surface area contributed by atoms with Gasteiger partial charge >= 0.3 is 5.97 Å². The molecule has 1 aliphatic rings. The Kier molecular flexibility index (Phi) is 5.44. The standard InChI is InChI=1S/C14H18N2O3S2/c1-18-14(17)10-8-16(6-7-19-10)9-4-3-5-11(21-2)12(9)13(15)20/h3-5,10H,6-8H2,1-2H3,(H2,15,20). The molecule has 0 saturated carbocycles. The fourth-order valence-corrected chi connectivity index (χ4v) is 3.26. The van der Waals surface area contributed by atoms with Crippen molar-refractivity contribution in [1.29, 1.82) is 0 Å². The number of hydrogen-bond donors (Lipinski definition) is 1. The number of carbonyl (C=O) groups excluding carboxylic acids is 1. The first-order chi connectivity index (χ1) is 10.1. The first kappa shape index (κ1) is 16.1. The summed E-state index contributed by atoms with van der Waals surface area (Å²) in [4.78, 5) is 15.1. The number of methoxy groups -OCH3 is 1. The third-order valence-corrected chi connectivity index (χ3v) is 4.33. The molecule has 1 aliphatic heterocycles. The number of anilines is 1. The quantitative estimate of drug-likeness (QED) is 0.510. The summed E-state index contributed by atoms with van der Waals surface area (Å²) in [5, 5.41) is 0. The summed E-state index contributed by atoms with van der Waals surface area (Å²) in [7, 11) is 1.36. The monoisotopic (exact) mass is 326 g/mol. The molecular weight excluding hydrogens is 308 g/mol. The van der Waals surface area contributed by atoms with E-state index in [-0.39, 0.29) is 5.97 Å². The number of nitrogens with zero attached hydrogens (tertiary/aromatic N) is 1. The lowest BCUT2D eigenvalue weighted by Crippen LogP contribution is -2.47. The molecule has 2 rings (SSSR count). The zero-order chi connectivity index (χ0) is 15.4. The van der Waals surface area contributed by atoms with Crippen molar-refractivity contribution in [3.05, 3.63) is 23.8 Å². The third-order valence-electron chi connectivity index (χ3n) is 3.34. The number of ether oxygens (including phenoxy) is 2. The van der Waals surface area contributed by atoms with Crippen LogP contribution in [0.15, 0.2) is 23.1 Å². The number of benzene rings is 1. The van der Waals surface area contributed by atoms with Crippen LogP contribution in [-0.2, 0) is 14.3 Å². The summed E-state index contributed by atoms with van der Waals surface area (Å²) >= 11 is 6.79. The van der Waals surface area contributed by atoms with E-state index in [2.05, 4.69) is 4.90 Å². The molecule has 0 radical (unpaired) electrons. The minimum atomic E-state index is -0.583. The normalized spacial score (nSPS) is 18.4. The van der Waals surface area contributed by atoms with Crippen molar-refractivity contribution in [2.45, 2.75) is 11.0 Å². The van der Waals surface area contributed by atoms with E-state index < -0.39 is 6.10 Å². The van der Waals surface area contributed by atoms with Crippen LogP contribution < -0.4 is 10.6 Å². The molecular formula is C14H18N2O3S2. The second kappa shape index (κ2) is 7.11. The van der Waals surface area contributed by atoms with Gasteiger partial charge in [0.25, 0.3) is 0 Å². The average molecular weight is 326 g/mol. The molecule has 1 atom stereocenters. The molecule has 1 heterocycles. The molecule has 0 aliphatic carbocycles. The van der Waals surface area contributed by atoms with Gasteiger partial charge in [0.1, 0.15) is 4.99 Å². The van der Waals surface area contributed by atoms with E-state index in [1.165, 1.54) is 7.11 Å². The summed E-state index contributed by atoms with van der Waals surface area (Å²) in [6.07, 6.45) is 1.40. The lowest BCUT2D eigenvalue weighted by molar-refractivity contribution is -0.154. The molecule has 1 aromatic rings. The smallest absolute Gasteiger partial charge is 0.336 e. The lowest BCUT2D eigenvalue weighted by Gasteiger charge is -2.34. The number of nitrogens with two attached hydrogens (primary N) is 1. The van der Waals surface area contributed by atoms with Crippen LogP contribution in [0.25, 0.3) is 0 Å². The van der Waals surface area contributed by atoms with E-state index in [0.717, 1.165) is 16.1 Å². The van der Waals surface area contributed by atoms with Crippen molar-refractivity contribution in [3.63, 3.8) is 0 Å². The van der Waals surface area contributed by atoms with Gasteiger partial charge in [-0.1, -0.05) is 18.3 Å². The predicted octanol–water partition coefficient (Wildman–Crippen LogP) is 1.42. The number of rotatable bonds is 4. The van der Waals surface area contributed by atoms with Crippen LogP contribution in [0, 0.1) is 0 Å². The van der Waals surface area contributed by atoms with Gasteiger partial charge in [-0.25, -0.2) is 4.79 Å². The first-order valence-corrected chi connectivity index (χ1v) is 8.13. The van der Waals surface area contributed by atoms with Gasteiger partial charge < -0.3 is 20.1 Å². The van der Waals surface area contributed by atoms with E-state index in [1.807, 2.05) is 24.5 Å². The SMILES string of the molecule is COC(=O)C1CN(c2cccc(SC)c2C(N)=S)CCO1. The number of thioether (sulfide) groups is 1. The van der Waals surface area contributed by atoms with Gasteiger partial charge in [0.2, 0.25) is 0 Å². The third kappa shape index (κ3) is 3.48. The van der Waals surface area contributed by atoms with E-state index in [0.29, 0.717) is 24.7 Å². The number of morpholine rings is 1. The Balaban J connectivity index is 2.33. The number of thiocarbonyl (C=S) groups is 1. The van der Waals surface area contributed by atoms with Gasteiger partial charge in [0, 0.05) is 22.7 Å². The minimum absolute atomic E-state index is 0.357. The Bertz CT molecular complexity index is 551. The van der Waals surface area contributed by atoms with Crippen molar-refractivity contribution >= 4 is 40.6 Å². The Morgan fingerprint density at radius 1 is 1.57 bits per heavy atom. The molecule has 0 amide bonds. The zero-order valence-electron chi connectivity index (χ0n) is 12.0. The van der Waals surface area contributed by atoms with Gasteiger partial charge in [-0.3, -0.25) is 0 Å². The summed E-state index contributed by atoms with van der Waals surface area (Å²) in [6, 6.07) is 5.92. The van der Waals surface area contributed by atoms with Crippen molar-refractivity contribution in [3.8, 4) is 0 Å². The van der Waals surface area contributed by atoms with Crippen molar-refractivity contribution in [2.75, 3.05) is 38.0 Å². The first-order valence-electron chi connectivity index (χ1n) is 6.49. The van der Waals surface area contributed by atoms with Crippen LogP contribution in [-0.4, -0.2) is 50.1 Å². The minimum Gasteiger partial charge on any atom is -0.467 e. The second-order valence-electron chi connectivity index (χ2n) is 4.55. The maximum absolute atomic E-state index is 11.7. The molecule has 0 spiro atoms. The van der Waals surface area contributed by atoms with Crippen LogP contribution in [0.3, 0.4) is 0 Å². The molecule has 1 unspecified atom stereocenters. The van der Waals surface area contributed by atoms with Gasteiger partial charge in [-0.15, -0.1) is 11.8 Å². The molecule has 1 aromatic carbocycles. The van der Waals surface area contributed by atoms with Gasteiger partial charge in [-0.05, 0) is 18.4 Å². The Hall–Kier alpha value is -1.31. The Morgan fingerprint density at radius 3 is 2.95 bits per heavy atom. The fraction of sp³-hybridized carbons (Fsp3) is 0.429. The summed E-state index contributed by atoms with van der Waals surface area (Å²) in [6.45, 7) is 1.57. The van der Waals surface area contributed by atoms with E-state index in [4.69, 9.17) is 27.4 Å². The van der Waals surface area contributed by atoms with Crippen LogP contribution in [0.2, 0.25) is 0 Å². The molecule has 1 saturated heterocycles. The molecule has 7 heteroatoms. The van der Waals surface area contributed by atoms with Crippen LogP contribution >= 0.6 is 24.0 Å². The van der Waals surface area contributed by atoms with Crippen molar-refractivity contribution in [1.82, 2.24) is 0 Å². The topological polar surface area (TPSA) is 64.8 Å². The van der Waals surface area contributed by atoms with E-state index in [1.54, 1.807) is 11.8 Å². The van der Waals surface area contributed by atoms with Crippen molar-refractivity contribution in [2.24, 2.45) is 5.73 Å². The van der Waals surface area contributed by atoms with E-state index in [9.17, 15) is 4.79 Å². The number of hydrogen-bond acceptors (Lipinski definition) is 6. The number of esters is 1. The van der Waals surface area contributed by atoms with Crippen LogP contribution in [0.5, 0.6) is 0 Å². The average Bonchev–Trinajstić information content (AvgIpc) is 2.53. The molecule has 114 valence electrons. The Morgan fingerprint density at radius 2 is 2.33 bits per heavy atom. The molecule has 2 N–H and O–H groups in total. The number of carbonyl (C=O) groups is 1. The molecule has 21 heavy (non-hydrogen) atoms.